The van der Waals surface area contributed by atoms with Crippen molar-refractivity contribution in [1.82, 2.24) is 55.1 Å². The van der Waals surface area contributed by atoms with Crippen LogP contribution in [0.5, 0.6) is 0 Å². The van der Waals surface area contributed by atoms with E-state index in [2.05, 4.69) is 16.0 Å². The lowest BCUT2D eigenvalue weighted by molar-refractivity contribution is -0.149. The highest BCUT2D eigenvalue weighted by Gasteiger charge is 2.41. The first kappa shape index (κ1) is 77.9. The molecule has 0 aromatic heterocycles. The number of fused-ring (bicyclic) bond motifs is 1. The Morgan fingerprint density at radius 3 is 1.84 bits per heavy atom. The lowest BCUT2D eigenvalue weighted by Crippen LogP contribution is -2.57. The first-order valence-electron chi connectivity index (χ1n) is 32.9. The summed E-state index contributed by atoms with van der Waals surface area (Å²) >= 11 is 6.08. The summed E-state index contributed by atoms with van der Waals surface area (Å²) in [6, 6.07) is -3.91. The van der Waals surface area contributed by atoms with E-state index in [1.807, 2.05) is 34.6 Å². The Morgan fingerprint density at radius 2 is 1.23 bits per heavy atom. The number of hydrogen-bond acceptors (Lipinski definition) is 11. The van der Waals surface area contributed by atoms with E-state index >= 15 is 0 Å². The van der Waals surface area contributed by atoms with Crippen molar-refractivity contribution in [2.75, 3.05) is 82.1 Å². The number of nitrogens with zero attached hydrogens (tertiary/aromatic N) is 8. The quantitative estimate of drug-likeness (QED) is 0.214. The Morgan fingerprint density at radius 1 is 0.609 bits per heavy atom. The number of benzene rings is 1. The molecule has 11 amide bonds. The van der Waals surface area contributed by atoms with Gasteiger partial charge in [-0.1, -0.05) is 97.7 Å². The minimum atomic E-state index is -4.73. The van der Waals surface area contributed by atoms with Crippen LogP contribution in [0.15, 0.2) is 18.2 Å². The number of rotatable bonds is 12. The van der Waals surface area contributed by atoms with Gasteiger partial charge in [0.2, 0.25) is 65.0 Å². The van der Waals surface area contributed by atoms with E-state index in [1.165, 1.54) is 70.7 Å². The lowest BCUT2D eigenvalue weighted by atomic mass is 9.84. The Balaban J connectivity index is 1.72. The fourth-order valence-electron chi connectivity index (χ4n) is 12.2. The number of hydrogen-bond donors (Lipinski definition) is 3. The van der Waals surface area contributed by atoms with Crippen molar-refractivity contribution in [2.24, 2.45) is 23.7 Å². The first-order chi connectivity index (χ1) is 43.1. The van der Waals surface area contributed by atoms with E-state index < -0.39 is 138 Å². The minimum Gasteiger partial charge on any atom is -0.354 e. The highest BCUT2D eigenvalue weighted by Crippen LogP contribution is 2.36. The van der Waals surface area contributed by atoms with Crippen LogP contribution < -0.4 is 16.0 Å². The Labute approximate surface area is 548 Å². The SMILES string of the molecule is CC[C@H](C)[C@@H]1NC(=O)[C@H](CC(C)C)N(C)C(=O)C[C@@H](C)N(C)C(=O)[C@H](CCC(C)C)N(C)C(=O)CCCCNC(=O)[C@@H]2CCCN2C(=O)[C@H](CCc2ccc(C(F)(F)F)c(Cl)c2)NC(=O)CN(C)C(=O)[C@H](CC2CCCCC2)N(C)C(=O)CN(C)C(=O)CN(C)C1=O. The zero-order valence-electron chi connectivity index (χ0n) is 56.9. The standard InChI is InChI=1S/C66H105ClF3N11O11/c1-15-43(6)59-65(92)76(10)39-57(85)74(8)40-58(86)80(14)53(37-45-22-17-16-18-23-45)63(90)75(9)38-54(82)72-49(30-28-46-27-29-47(48(67)36-46)66(68,69)70)62(89)81-33-21-24-50(81)60(87)71-32-20-19-25-55(83)78(12)51(31-26-41(2)3)64(91)77(11)44(7)35-56(84)79(13)52(34-42(4)5)61(88)73-59/h27,29,36,41-45,49-53,59H,15-26,28,30-35,37-40H2,1-14H3,(H,71,87)(H,72,82)(H,73,88)/t43-,44+,49-,50-,51-,52-,53-,59-/m0/s1. The maximum atomic E-state index is 14.7. The predicted octanol–water partition coefficient (Wildman–Crippen LogP) is 6.14. The second-order valence-electron chi connectivity index (χ2n) is 26.8. The van der Waals surface area contributed by atoms with Gasteiger partial charge in [0.25, 0.3) is 0 Å². The molecule has 3 fully saturated rings. The van der Waals surface area contributed by atoms with Crippen LogP contribution in [0.1, 0.15) is 169 Å². The molecule has 8 atom stereocenters. The molecule has 1 aliphatic carbocycles. The van der Waals surface area contributed by atoms with Gasteiger partial charge in [-0.15, -0.1) is 0 Å². The summed E-state index contributed by atoms with van der Waals surface area (Å²) in [5.74, 6) is -6.31. The molecule has 0 radical (unpaired) electrons. The van der Waals surface area contributed by atoms with Gasteiger partial charge >= 0.3 is 6.18 Å². The molecule has 1 aromatic carbocycles. The molecule has 2 aliphatic heterocycles. The molecule has 0 unspecified atom stereocenters. The summed E-state index contributed by atoms with van der Waals surface area (Å²) in [4.78, 5) is 167. The molecule has 26 heteroatoms. The summed E-state index contributed by atoms with van der Waals surface area (Å²) in [5, 5.41) is 7.97. The molecular weight excluding hydrogens is 1220 g/mol. The largest absolute Gasteiger partial charge is 0.417 e. The smallest absolute Gasteiger partial charge is 0.354 e. The second kappa shape index (κ2) is 36.2. The zero-order valence-corrected chi connectivity index (χ0v) is 57.7. The van der Waals surface area contributed by atoms with Gasteiger partial charge in [0.05, 0.1) is 30.2 Å². The normalized spacial score (nSPS) is 25.2. The van der Waals surface area contributed by atoms with E-state index in [1.54, 1.807) is 27.9 Å². The minimum absolute atomic E-state index is 0.0289. The lowest BCUT2D eigenvalue weighted by Gasteiger charge is -2.36. The number of amides is 11. The molecule has 92 heavy (non-hydrogen) atoms. The van der Waals surface area contributed by atoms with Gasteiger partial charge in [-0.3, -0.25) is 52.7 Å². The third-order valence-corrected chi connectivity index (χ3v) is 19.0. The molecule has 4 rings (SSSR count). The average Bonchev–Trinajstić information content (AvgIpc) is 1.34. The molecular formula is C66H105ClF3N11O11. The molecule has 3 aliphatic rings. The molecule has 518 valence electrons. The second-order valence-corrected chi connectivity index (χ2v) is 27.2. The van der Waals surface area contributed by atoms with Crippen LogP contribution in [0, 0.1) is 23.7 Å². The van der Waals surface area contributed by atoms with Crippen molar-refractivity contribution >= 4 is 76.6 Å². The van der Waals surface area contributed by atoms with Gasteiger partial charge < -0.3 is 55.1 Å². The predicted molar refractivity (Wildman–Crippen MR) is 344 cm³/mol. The molecule has 0 bridgehead atoms. The monoisotopic (exact) mass is 1320 g/mol. The van der Waals surface area contributed by atoms with E-state index in [4.69, 9.17) is 11.6 Å². The van der Waals surface area contributed by atoms with E-state index in [-0.39, 0.29) is 87.6 Å². The summed E-state index contributed by atoms with van der Waals surface area (Å²) in [5.41, 5.74) is -0.714. The fraction of sp³-hybridized carbons (Fsp3) is 0.742. The first-order valence-corrected chi connectivity index (χ1v) is 33.3. The summed E-state index contributed by atoms with van der Waals surface area (Å²) in [6.45, 7) is 11.8. The molecule has 0 spiro atoms. The number of likely N-dealkylation sites (N-methyl/N-ethyl adjacent to an activating group) is 7. The summed E-state index contributed by atoms with van der Waals surface area (Å²) in [6.07, 6.45) is 2.64. The van der Waals surface area contributed by atoms with Crippen molar-refractivity contribution in [1.29, 1.82) is 0 Å². The molecule has 3 N–H and O–H groups in total. The Kier molecular flexibility index (Phi) is 30.7. The van der Waals surface area contributed by atoms with Crippen molar-refractivity contribution in [3.8, 4) is 0 Å². The van der Waals surface area contributed by atoms with Crippen molar-refractivity contribution in [3.05, 3.63) is 34.3 Å². The van der Waals surface area contributed by atoms with Crippen LogP contribution in [0.25, 0.3) is 0 Å². The van der Waals surface area contributed by atoms with E-state index in [0.29, 0.717) is 44.1 Å². The van der Waals surface area contributed by atoms with E-state index in [0.717, 1.165) is 54.0 Å². The molecule has 2 heterocycles. The number of aryl methyl sites for hydroxylation is 1. The molecule has 1 saturated carbocycles. The molecule has 1 aromatic rings. The van der Waals surface area contributed by atoms with Crippen LogP contribution >= 0.6 is 11.6 Å². The van der Waals surface area contributed by atoms with Crippen molar-refractivity contribution in [2.45, 2.75) is 213 Å². The highest BCUT2D eigenvalue weighted by molar-refractivity contribution is 6.31. The number of alkyl halides is 3. The zero-order chi connectivity index (χ0) is 69.1. The van der Waals surface area contributed by atoms with Crippen LogP contribution in [-0.4, -0.2) is 229 Å². The van der Waals surface area contributed by atoms with Crippen molar-refractivity contribution in [3.63, 3.8) is 0 Å². The Bertz CT molecular complexity index is 2730. The van der Waals surface area contributed by atoms with Gasteiger partial charge in [0.15, 0.2) is 0 Å². The van der Waals surface area contributed by atoms with Gasteiger partial charge in [-0.2, -0.15) is 13.2 Å². The van der Waals surface area contributed by atoms with Crippen molar-refractivity contribution < 1.29 is 65.9 Å². The number of carbonyl (C=O) groups is 11. The maximum Gasteiger partial charge on any atom is 0.417 e. The average molecular weight is 1320 g/mol. The maximum absolute atomic E-state index is 14.7. The fourth-order valence-corrected chi connectivity index (χ4v) is 12.5. The Hall–Kier alpha value is -6.53. The highest BCUT2D eigenvalue weighted by atomic mass is 35.5. The summed E-state index contributed by atoms with van der Waals surface area (Å²) < 4.78 is 41.1. The number of nitrogens with one attached hydrogen (secondary N) is 3. The third kappa shape index (κ3) is 22.6. The number of carbonyl (C=O) groups excluding carboxylic acids is 11. The van der Waals surface area contributed by atoms with Gasteiger partial charge in [0.1, 0.15) is 36.3 Å². The van der Waals surface area contributed by atoms with Crippen LogP contribution in [0.4, 0.5) is 13.2 Å². The van der Waals surface area contributed by atoms with Crippen LogP contribution in [0.3, 0.4) is 0 Å². The topological polar surface area (TPSA) is 250 Å². The third-order valence-electron chi connectivity index (χ3n) is 18.7. The molecule has 22 nitrogen and oxygen atoms in total. The van der Waals surface area contributed by atoms with Crippen LogP contribution in [0.2, 0.25) is 5.02 Å². The van der Waals surface area contributed by atoms with Gasteiger partial charge in [0, 0.05) is 81.3 Å². The van der Waals surface area contributed by atoms with Crippen LogP contribution in [-0.2, 0) is 65.3 Å². The molecule has 2 saturated heterocycles. The summed E-state index contributed by atoms with van der Waals surface area (Å²) in [7, 11) is 10.3. The number of halogens is 4. The van der Waals surface area contributed by atoms with Gasteiger partial charge in [-0.05, 0) is 112 Å². The van der Waals surface area contributed by atoms with Gasteiger partial charge in [-0.25, -0.2) is 0 Å². The van der Waals surface area contributed by atoms with E-state index in [9.17, 15) is 65.9 Å².